The fourth-order valence-corrected chi connectivity index (χ4v) is 1.58. The molecule has 1 aromatic carbocycles. The van der Waals surface area contributed by atoms with Gasteiger partial charge in [-0.2, -0.15) is 0 Å². The van der Waals surface area contributed by atoms with Crippen molar-refractivity contribution in [2.45, 2.75) is 17.1 Å². The van der Waals surface area contributed by atoms with Crippen LogP contribution in [0.4, 0.5) is 0 Å². The Bertz CT molecular complexity index is 294. The summed E-state index contributed by atoms with van der Waals surface area (Å²) in [5, 5.41) is 17.1. The quantitative estimate of drug-likeness (QED) is 0.729. The van der Waals surface area contributed by atoms with Gasteiger partial charge in [0, 0.05) is 4.90 Å². The molecule has 1 rings (SSSR count). The lowest BCUT2D eigenvalue weighted by atomic mass is 10.3. The smallest absolute Gasteiger partial charge is 0.316 e. The first-order chi connectivity index (χ1) is 6.09. The van der Waals surface area contributed by atoms with Crippen LogP contribution in [0, 0.1) is 0 Å². The van der Waals surface area contributed by atoms with E-state index >= 15 is 0 Å². The van der Waals surface area contributed by atoms with Crippen molar-refractivity contribution in [1.82, 2.24) is 0 Å². The third kappa shape index (κ3) is 2.99. The summed E-state index contributed by atoms with van der Waals surface area (Å²) >= 11 is 1.25. The molecule has 70 valence electrons. The van der Waals surface area contributed by atoms with E-state index in [4.69, 9.17) is 10.2 Å². The zero-order valence-corrected chi connectivity index (χ0v) is 7.91. The normalized spacial score (nSPS) is 12.4. The van der Waals surface area contributed by atoms with E-state index in [9.17, 15) is 4.79 Å². The third-order valence-corrected chi connectivity index (χ3v) is 2.60. The predicted octanol–water partition coefficient (Wildman–Crippen LogP) is 1.96. The molecule has 2 N–H and O–H groups in total. The Morgan fingerprint density at radius 3 is 2.38 bits per heavy atom. The van der Waals surface area contributed by atoms with Gasteiger partial charge in [0.1, 0.15) is 11.0 Å². The molecule has 0 saturated carbocycles. The van der Waals surface area contributed by atoms with Crippen LogP contribution in [0.2, 0.25) is 0 Å². The van der Waals surface area contributed by atoms with Crippen molar-refractivity contribution >= 4 is 17.7 Å². The van der Waals surface area contributed by atoms with Crippen molar-refractivity contribution in [3.05, 3.63) is 24.3 Å². The van der Waals surface area contributed by atoms with Crippen LogP contribution in [0.3, 0.4) is 0 Å². The molecule has 13 heavy (non-hydrogen) atoms. The number of phenols is 1. The second kappa shape index (κ2) is 4.18. The van der Waals surface area contributed by atoms with Crippen LogP contribution in [-0.2, 0) is 4.79 Å². The van der Waals surface area contributed by atoms with Gasteiger partial charge in [0.2, 0.25) is 0 Å². The molecule has 0 aliphatic rings. The van der Waals surface area contributed by atoms with Crippen LogP contribution in [-0.4, -0.2) is 21.4 Å². The van der Waals surface area contributed by atoms with Gasteiger partial charge < -0.3 is 10.2 Å². The van der Waals surface area contributed by atoms with Crippen LogP contribution < -0.4 is 0 Å². The molecule has 0 saturated heterocycles. The lowest BCUT2D eigenvalue weighted by Gasteiger charge is -2.05. The van der Waals surface area contributed by atoms with Crippen LogP contribution in [0.25, 0.3) is 0 Å². The molecule has 0 amide bonds. The molecule has 0 unspecified atom stereocenters. The number of aliphatic carboxylic acids is 1. The molecule has 3 nitrogen and oxygen atoms in total. The average molecular weight is 198 g/mol. The van der Waals surface area contributed by atoms with E-state index in [0.717, 1.165) is 4.90 Å². The number of hydrogen-bond acceptors (Lipinski definition) is 3. The van der Waals surface area contributed by atoms with E-state index in [1.807, 2.05) is 0 Å². The van der Waals surface area contributed by atoms with Crippen LogP contribution in [0.15, 0.2) is 29.2 Å². The van der Waals surface area contributed by atoms with Gasteiger partial charge in [0.05, 0.1) is 0 Å². The third-order valence-electron chi connectivity index (χ3n) is 1.50. The molecule has 0 fully saturated rings. The van der Waals surface area contributed by atoms with E-state index < -0.39 is 11.2 Å². The van der Waals surface area contributed by atoms with Crippen molar-refractivity contribution in [1.29, 1.82) is 0 Å². The monoisotopic (exact) mass is 198 g/mol. The largest absolute Gasteiger partial charge is 0.508 e. The standard InChI is InChI=1S/C9H10O3S/c1-6(9(11)12)13-8-4-2-7(10)3-5-8/h2-6,10H,1H3,(H,11,12)/t6-/m1/s1. The topological polar surface area (TPSA) is 57.5 Å². The SMILES string of the molecule is C[C@@H](Sc1ccc(O)cc1)C(=O)O. The van der Waals surface area contributed by atoms with E-state index in [0.29, 0.717) is 0 Å². The first kappa shape index (κ1) is 9.92. The highest BCUT2D eigenvalue weighted by Crippen LogP contribution is 2.24. The molecular formula is C9H10O3S. The lowest BCUT2D eigenvalue weighted by Crippen LogP contribution is -2.10. The number of hydrogen-bond donors (Lipinski definition) is 2. The van der Waals surface area contributed by atoms with Crippen molar-refractivity contribution in [3.63, 3.8) is 0 Å². The molecule has 0 spiro atoms. The molecule has 1 aromatic rings. The Morgan fingerprint density at radius 1 is 1.38 bits per heavy atom. The maximum Gasteiger partial charge on any atom is 0.316 e. The Hall–Kier alpha value is -1.16. The molecular weight excluding hydrogens is 188 g/mol. The second-order valence-electron chi connectivity index (χ2n) is 2.59. The highest BCUT2D eigenvalue weighted by atomic mass is 32.2. The average Bonchev–Trinajstić information content (AvgIpc) is 2.08. The van der Waals surface area contributed by atoms with Crippen molar-refractivity contribution in [2.75, 3.05) is 0 Å². The summed E-state index contributed by atoms with van der Waals surface area (Å²) < 4.78 is 0. The first-order valence-corrected chi connectivity index (χ1v) is 4.66. The first-order valence-electron chi connectivity index (χ1n) is 3.78. The van der Waals surface area contributed by atoms with Gasteiger partial charge in [0.25, 0.3) is 0 Å². The predicted molar refractivity (Wildman–Crippen MR) is 51.1 cm³/mol. The fourth-order valence-electron chi connectivity index (χ4n) is 0.779. The van der Waals surface area contributed by atoms with E-state index in [1.54, 1.807) is 19.1 Å². The second-order valence-corrected chi connectivity index (χ2v) is 4.01. The van der Waals surface area contributed by atoms with Gasteiger partial charge >= 0.3 is 5.97 Å². The van der Waals surface area contributed by atoms with Crippen LogP contribution in [0.5, 0.6) is 5.75 Å². The number of benzene rings is 1. The Morgan fingerprint density at radius 2 is 1.92 bits per heavy atom. The van der Waals surface area contributed by atoms with Gasteiger partial charge in [-0.05, 0) is 31.2 Å². The molecule has 0 heterocycles. The maximum absolute atomic E-state index is 10.5. The lowest BCUT2D eigenvalue weighted by molar-refractivity contribution is -0.136. The Labute approximate surface area is 80.4 Å². The number of phenolic OH excluding ortho intramolecular Hbond substituents is 1. The minimum atomic E-state index is -0.835. The van der Waals surface area contributed by atoms with Crippen LogP contribution >= 0.6 is 11.8 Å². The molecule has 1 atom stereocenters. The number of rotatable bonds is 3. The summed E-state index contributed by atoms with van der Waals surface area (Å²) in [5.41, 5.74) is 0. The van der Waals surface area contributed by atoms with E-state index in [1.165, 1.54) is 23.9 Å². The summed E-state index contributed by atoms with van der Waals surface area (Å²) in [6.07, 6.45) is 0. The number of aromatic hydroxyl groups is 1. The number of thioether (sulfide) groups is 1. The number of carboxylic acid groups (broad SMARTS) is 1. The number of carboxylic acids is 1. The zero-order valence-electron chi connectivity index (χ0n) is 7.10. The molecule has 0 aliphatic carbocycles. The highest BCUT2D eigenvalue weighted by molar-refractivity contribution is 8.00. The summed E-state index contributed by atoms with van der Waals surface area (Å²) in [6.45, 7) is 1.62. The maximum atomic E-state index is 10.5. The van der Waals surface area contributed by atoms with Gasteiger partial charge in [-0.15, -0.1) is 11.8 Å². The summed E-state index contributed by atoms with van der Waals surface area (Å²) in [5.74, 6) is -0.648. The summed E-state index contributed by atoms with van der Waals surface area (Å²) in [6, 6.07) is 6.46. The highest BCUT2D eigenvalue weighted by Gasteiger charge is 2.11. The van der Waals surface area contributed by atoms with Crippen LogP contribution in [0.1, 0.15) is 6.92 Å². The molecule has 0 radical (unpaired) electrons. The van der Waals surface area contributed by atoms with Gasteiger partial charge in [-0.25, -0.2) is 0 Å². The minimum absolute atomic E-state index is 0.187. The Kier molecular flexibility index (Phi) is 3.19. The van der Waals surface area contributed by atoms with E-state index in [-0.39, 0.29) is 5.75 Å². The van der Waals surface area contributed by atoms with Crippen molar-refractivity contribution < 1.29 is 15.0 Å². The number of carbonyl (C=O) groups is 1. The molecule has 4 heteroatoms. The van der Waals surface area contributed by atoms with Gasteiger partial charge in [0.15, 0.2) is 0 Å². The zero-order chi connectivity index (χ0) is 9.84. The summed E-state index contributed by atoms with van der Waals surface area (Å²) in [4.78, 5) is 11.3. The summed E-state index contributed by atoms with van der Waals surface area (Å²) in [7, 11) is 0. The fraction of sp³-hybridized carbons (Fsp3) is 0.222. The van der Waals surface area contributed by atoms with Crippen molar-refractivity contribution in [3.8, 4) is 5.75 Å². The van der Waals surface area contributed by atoms with Gasteiger partial charge in [-0.3, -0.25) is 4.79 Å². The Balaban J connectivity index is 2.64. The van der Waals surface area contributed by atoms with Gasteiger partial charge in [-0.1, -0.05) is 0 Å². The minimum Gasteiger partial charge on any atom is -0.508 e. The van der Waals surface area contributed by atoms with Crippen molar-refractivity contribution in [2.24, 2.45) is 0 Å². The molecule has 0 aliphatic heterocycles. The van der Waals surface area contributed by atoms with E-state index in [2.05, 4.69) is 0 Å². The molecule has 0 bridgehead atoms. The molecule has 0 aromatic heterocycles.